The van der Waals surface area contributed by atoms with Gasteiger partial charge in [0.2, 0.25) is 11.9 Å². The lowest BCUT2D eigenvalue weighted by molar-refractivity contribution is 0.0901. The van der Waals surface area contributed by atoms with Gasteiger partial charge in [0.25, 0.3) is 0 Å². The van der Waals surface area contributed by atoms with Gasteiger partial charge in [0.1, 0.15) is 0 Å². The van der Waals surface area contributed by atoms with Gasteiger partial charge in [-0.15, -0.1) is 0 Å². The van der Waals surface area contributed by atoms with Gasteiger partial charge < -0.3 is 0 Å². The van der Waals surface area contributed by atoms with Crippen LogP contribution in [-0.2, 0) is 0 Å². The molecular weight excluding hydrogens is 256 g/mol. The molecule has 2 aliphatic rings. The number of ketones is 1. The minimum absolute atomic E-state index is 0.0623. The second kappa shape index (κ2) is 4.61. The zero-order chi connectivity index (χ0) is 12.7. The molecule has 18 heavy (non-hydrogen) atoms. The third kappa shape index (κ3) is 2.16. The fraction of sp³-hybridized carbons (Fsp3) is 0.538. The van der Waals surface area contributed by atoms with Crippen LogP contribution in [0.4, 0.5) is 8.78 Å². The highest BCUT2D eigenvalue weighted by molar-refractivity contribution is 8.00. The Hall–Kier alpha value is -0.970. The van der Waals surface area contributed by atoms with Crippen molar-refractivity contribution in [3.05, 3.63) is 29.6 Å². The summed E-state index contributed by atoms with van der Waals surface area (Å²) in [5.74, 6) is -2.20. The topological polar surface area (TPSA) is 30.0 Å². The van der Waals surface area contributed by atoms with Crippen LogP contribution in [0.3, 0.4) is 0 Å². The van der Waals surface area contributed by atoms with Crippen LogP contribution in [-0.4, -0.2) is 21.3 Å². The molecule has 0 amide bonds. The summed E-state index contributed by atoms with van der Waals surface area (Å²) in [6.07, 6.45) is 3.94. The lowest BCUT2D eigenvalue weighted by Gasteiger charge is -2.26. The summed E-state index contributed by atoms with van der Waals surface area (Å²) in [5.41, 5.74) is -0.0623. The number of Topliss-reactive ketones (excluding diaryl/α,β-unsaturated/α-hetero) is 1. The van der Waals surface area contributed by atoms with Crippen molar-refractivity contribution in [3.8, 4) is 0 Å². The second-order valence-corrected chi connectivity index (χ2v) is 6.57. The molecule has 2 fully saturated rings. The van der Waals surface area contributed by atoms with E-state index < -0.39 is 11.9 Å². The van der Waals surface area contributed by atoms with Gasteiger partial charge >= 0.3 is 0 Å². The summed E-state index contributed by atoms with van der Waals surface area (Å²) in [6, 6.07) is 2.26. The first-order valence-electron chi connectivity index (χ1n) is 6.15. The number of nitrogens with zero attached hydrogens (tertiary/aromatic N) is 1. The highest BCUT2D eigenvalue weighted by Gasteiger charge is 2.38. The molecule has 0 spiro atoms. The van der Waals surface area contributed by atoms with Gasteiger partial charge in [-0.2, -0.15) is 25.5 Å². The monoisotopic (exact) mass is 269 g/mol. The summed E-state index contributed by atoms with van der Waals surface area (Å²) in [7, 11) is 0. The predicted octanol–water partition coefficient (Wildman–Crippen LogP) is 3.22. The van der Waals surface area contributed by atoms with E-state index in [1.54, 1.807) is 0 Å². The van der Waals surface area contributed by atoms with Crippen LogP contribution < -0.4 is 0 Å². The van der Waals surface area contributed by atoms with Crippen LogP contribution in [0.2, 0.25) is 0 Å². The number of fused-ring (bicyclic) bond motifs is 2. The third-order valence-corrected chi connectivity index (χ3v) is 5.37. The predicted molar refractivity (Wildman–Crippen MR) is 65.6 cm³/mol. The number of halogens is 2. The van der Waals surface area contributed by atoms with Gasteiger partial charge in [-0.3, -0.25) is 4.79 Å². The fourth-order valence-electron chi connectivity index (χ4n) is 2.89. The fourth-order valence-corrected chi connectivity index (χ4v) is 4.66. The Morgan fingerprint density at radius 1 is 1.22 bits per heavy atom. The Balaban J connectivity index is 1.82. The summed E-state index contributed by atoms with van der Waals surface area (Å²) in [5, 5.41) is 1.07. The first-order chi connectivity index (χ1) is 8.63. The van der Waals surface area contributed by atoms with Crippen molar-refractivity contribution < 1.29 is 13.6 Å². The standard InChI is InChI=1S/C13H13F2NOS/c14-11-4-3-10(13(15)16-11)12(17)7-5-8-1-2-9(6-7)18-8/h3-4,7-9H,1-2,5-6H2. The summed E-state index contributed by atoms with van der Waals surface area (Å²) in [6.45, 7) is 0. The van der Waals surface area contributed by atoms with E-state index in [9.17, 15) is 13.6 Å². The van der Waals surface area contributed by atoms with Crippen molar-refractivity contribution in [2.45, 2.75) is 36.2 Å². The Bertz CT molecular complexity index is 482. The number of aromatic nitrogens is 1. The number of carbonyl (C=O) groups is 1. The van der Waals surface area contributed by atoms with Crippen molar-refractivity contribution in [2.24, 2.45) is 5.92 Å². The molecule has 3 rings (SSSR count). The molecule has 0 aliphatic carbocycles. The number of thioether (sulfide) groups is 1. The molecule has 0 radical (unpaired) electrons. The average Bonchev–Trinajstić information content (AvgIpc) is 2.67. The van der Waals surface area contributed by atoms with E-state index in [1.807, 2.05) is 11.8 Å². The maximum Gasteiger partial charge on any atom is 0.226 e. The molecule has 0 N–H and O–H groups in total. The summed E-state index contributed by atoms with van der Waals surface area (Å²) in [4.78, 5) is 15.3. The maximum atomic E-state index is 13.5. The van der Waals surface area contributed by atoms with Crippen molar-refractivity contribution in [1.29, 1.82) is 0 Å². The zero-order valence-electron chi connectivity index (χ0n) is 9.73. The first kappa shape index (κ1) is 12.1. The Morgan fingerprint density at radius 2 is 1.89 bits per heavy atom. The smallest absolute Gasteiger partial charge is 0.226 e. The molecule has 0 saturated carbocycles. The number of rotatable bonds is 2. The lowest BCUT2D eigenvalue weighted by atomic mass is 9.91. The van der Waals surface area contributed by atoms with Crippen molar-refractivity contribution in [1.82, 2.24) is 4.98 Å². The first-order valence-corrected chi connectivity index (χ1v) is 7.09. The van der Waals surface area contributed by atoms with Gasteiger partial charge in [0.15, 0.2) is 5.78 Å². The largest absolute Gasteiger partial charge is 0.294 e. The molecule has 96 valence electrons. The average molecular weight is 269 g/mol. The second-order valence-electron chi connectivity index (χ2n) is 4.96. The van der Waals surface area contributed by atoms with Crippen LogP contribution in [0.15, 0.2) is 12.1 Å². The highest BCUT2D eigenvalue weighted by Crippen LogP contribution is 2.46. The number of carbonyl (C=O) groups excluding carboxylic acids is 1. The quantitative estimate of drug-likeness (QED) is 0.610. The van der Waals surface area contributed by atoms with Crippen LogP contribution in [0, 0.1) is 17.8 Å². The molecule has 1 aromatic heterocycles. The SMILES string of the molecule is O=C(c1ccc(F)nc1F)C1CC2CCC(C1)S2. The molecule has 1 aromatic rings. The van der Waals surface area contributed by atoms with Crippen molar-refractivity contribution in [3.63, 3.8) is 0 Å². The van der Waals surface area contributed by atoms with Gasteiger partial charge in [0, 0.05) is 16.4 Å². The molecule has 3 heterocycles. The van der Waals surface area contributed by atoms with Gasteiger partial charge in [-0.1, -0.05) is 0 Å². The van der Waals surface area contributed by atoms with E-state index in [2.05, 4.69) is 4.98 Å². The van der Waals surface area contributed by atoms with Crippen LogP contribution in [0.1, 0.15) is 36.0 Å². The molecule has 2 unspecified atom stereocenters. The normalized spacial score (nSPS) is 30.4. The zero-order valence-corrected chi connectivity index (χ0v) is 10.6. The Kier molecular flexibility index (Phi) is 3.09. The van der Waals surface area contributed by atoms with Crippen LogP contribution in [0.25, 0.3) is 0 Å². The van der Waals surface area contributed by atoms with Gasteiger partial charge in [-0.05, 0) is 37.8 Å². The summed E-state index contributed by atoms with van der Waals surface area (Å²) < 4.78 is 26.2. The Morgan fingerprint density at radius 3 is 2.50 bits per heavy atom. The van der Waals surface area contributed by atoms with E-state index in [0.717, 1.165) is 31.7 Å². The summed E-state index contributed by atoms with van der Waals surface area (Å²) >= 11 is 1.95. The van der Waals surface area contributed by atoms with E-state index in [1.165, 1.54) is 6.07 Å². The van der Waals surface area contributed by atoms with E-state index in [0.29, 0.717) is 10.5 Å². The highest BCUT2D eigenvalue weighted by atomic mass is 32.2. The molecule has 2 bridgehead atoms. The minimum Gasteiger partial charge on any atom is -0.294 e. The Labute approximate surface area is 108 Å². The number of hydrogen-bond donors (Lipinski definition) is 0. The van der Waals surface area contributed by atoms with Crippen LogP contribution in [0.5, 0.6) is 0 Å². The third-order valence-electron chi connectivity index (χ3n) is 3.74. The van der Waals surface area contributed by atoms with E-state index in [-0.39, 0.29) is 17.3 Å². The molecule has 2 nitrogen and oxygen atoms in total. The molecular formula is C13H13F2NOS. The van der Waals surface area contributed by atoms with Crippen molar-refractivity contribution in [2.75, 3.05) is 0 Å². The molecule has 2 saturated heterocycles. The minimum atomic E-state index is -0.981. The molecule has 5 heteroatoms. The van der Waals surface area contributed by atoms with E-state index >= 15 is 0 Å². The van der Waals surface area contributed by atoms with Crippen molar-refractivity contribution >= 4 is 17.5 Å². The van der Waals surface area contributed by atoms with E-state index in [4.69, 9.17) is 0 Å². The molecule has 2 atom stereocenters. The van der Waals surface area contributed by atoms with Gasteiger partial charge in [0.05, 0.1) is 5.56 Å². The number of hydrogen-bond acceptors (Lipinski definition) is 3. The lowest BCUT2D eigenvalue weighted by Crippen LogP contribution is -2.25. The van der Waals surface area contributed by atoms with Gasteiger partial charge in [-0.25, -0.2) is 0 Å². The molecule has 0 aromatic carbocycles. The molecule has 2 aliphatic heterocycles. The van der Waals surface area contributed by atoms with Crippen LogP contribution >= 0.6 is 11.8 Å². The number of pyridine rings is 1. The maximum absolute atomic E-state index is 13.5.